The molecule has 158 valence electrons. The topological polar surface area (TPSA) is 75.7 Å². The van der Waals surface area contributed by atoms with Crippen molar-refractivity contribution in [3.8, 4) is 5.75 Å². The van der Waals surface area contributed by atoms with Gasteiger partial charge in [0.25, 0.3) is 0 Å². The Labute approximate surface area is 173 Å². The number of hydrogen-bond acceptors (Lipinski definition) is 4. The number of benzene rings is 2. The monoisotopic (exact) mass is 418 g/mol. The molecule has 2 aromatic rings. The van der Waals surface area contributed by atoms with Crippen LogP contribution in [0.4, 0.5) is 0 Å². The molecule has 0 aliphatic carbocycles. The summed E-state index contributed by atoms with van der Waals surface area (Å²) in [5, 5.41) is 0. The zero-order valence-electron chi connectivity index (χ0n) is 17.9. The van der Waals surface area contributed by atoms with Gasteiger partial charge in [-0.15, -0.1) is 0 Å². The molecule has 0 spiro atoms. The summed E-state index contributed by atoms with van der Waals surface area (Å²) in [4.78, 5) is 14.3. The Morgan fingerprint density at radius 3 is 2.10 bits per heavy atom. The van der Waals surface area contributed by atoms with Crippen LogP contribution in [-0.2, 0) is 26.8 Å². The second-order valence-electron chi connectivity index (χ2n) is 8.16. The predicted octanol–water partition coefficient (Wildman–Crippen LogP) is 3.32. The van der Waals surface area contributed by atoms with E-state index in [1.807, 2.05) is 12.1 Å². The normalized spacial score (nSPS) is 13.0. The number of carbonyl (C=O) groups is 1. The molecule has 1 atom stereocenters. The van der Waals surface area contributed by atoms with Gasteiger partial charge in [-0.25, -0.2) is 8.42 Å². The van der Waals surface area contributed by atoms with Crippen molar-refractivity contribution in [2.45, 2.75) is 50.6 Å². The fourth-order valence-corrected chi connectivity index (χ4v) is 4.10. The summed E-state index contributed by atoms with van der Waals surface area (Å²) in [5.74, 6) is 0.257. The van der Waals surface area contributed by atoms with Gasteiger partial charge in [0, 0.05) is 13.6 Å². The van der Waals surface area contributed by atoms with Crippen molar-refractivity contribution in [2.75, 3.05) is 14.2 Å². The van der Waals surface area contributed by atoms with Crippen molar-refractivity contribution in [1.29, 1.82) is 0 Å². The Morgan fingerprint density at radius 2 is 1.62 bits per heavy atom. The first-order valence-electron chi connectivity index (χ1n) is 9.45. The zero-order chi connectivity index (χ0) is 21.8. The number of methoxy groups -OCH3 is 1. The molecule has 0 radical (unpaired) electrons. The summed E-state index contributed by atoms with van der Waals surface area (Å²) in [6.07, 6.45) is 0. The van der Waals surface area contributed by atoms with Gasteiger partial charge in [-0.05, 0) is 47.7 Å². The number of ether oxygens (including phenoxy) is 1. The third-order valence-corrected chi connectivity index (χ3v) is 6.24. The number of sulfonamides is 1. The summed E-state index contributed by atoms with van der Waals surface area (Å²) in [6.45, 7) is 8.39. The van der Waals surface area contributed by atoms with Gasteiger partial charge in [0.15, 0.2) is 0 Å². The molecule has 0 fully saturated rings. The average molecular weight is 419 g/mol. The third kappa shape index (κ3) is 6.05. The maximum absolute atomic E-state index is 12.7. The van der Waals surface area contributed by atoms with Gasteiger partial charge in [0.2, 0.25) is 15.9 Å². The van der Waals surface area contributed by atoms with Crippen LogP contribution in [0.2, 0.25) is 0 Å². The summed E-state index contributed by atoms with van der Waals surface area (Å²) in [5.41, 5.74) is 2.27. The van der Waals surface area contributed by atoms with Gasteiger partial charge >= 0.3 is 0 Å². The van der Waals surface area contributed by atoms with E-state index in [-0.39, 0.29) is 16.2 Å². The molecule has 0 aliphatic heterocycles. The molecular weight excluding hydrogens is 388 g/mol. The van der Waals surface area contributed by atoms with Gasteiger partial charge in [-0.2, -0.15) is 4.72 Å². The molecule has 6 nitrogen and oxygen atoms in total. The molecule has 1 amide bonds. The molecule has 2 rings (SSSR count). The summed E-state index contributed by atoms with van der Waals surface area (Å²) < 4.78 is 32.6. The van der Waals surface area contributed by atoms with Gasteiger partial charge in [-0.3, -0.25) is 4.79 Å². The molecular formula is C22H30N2O4S. The molecule has 0 aliphatic rings. The predicted molar refractivity (Wildman–Crippen MR) is 114 cm³/mol. The molecule has 29 heavy (non-hydrogen) atoms. The average Bonchev–Trinajstić information content (AvgIpc) is 2.66. The number of nitrogens with one attached hydrogen (secondary N) is 1. The van der Waals surface area contributed by atoms with E-state index in [4.69, 9.17) is 4.74 Å². The second kappa shape index (κ2) is 8.97. The second-order valence-corrected chi connectivity index (χ2v) is 9.87. The first-order valence-corrected chi connectivity index (χ1v) is 10.9. The van der Waals surface area contributed by atoms with Crippen LogP contribution in [0.25, 0.3) is 0 Å². The SMILES string of the molecule is COc1ccc(S(=O)(=O)N[C@@H](C)C(=O)N(C)Cc2ccc(C(C)(C)C)cc2)cc1. The van der Waals surface area contributed by atoms with Crippen LogP contribution in [-0.4, -0.2) is 39.4 Å². The lowest BCUT2D eigenvalue weighted by molar-refractivity contribution is -0.131. The van der Waals surface area contributed by atoms with E-state index >= 15 is 0 Å². The van der Waals surface area contributed by atoms with E-state index in [0.717, 1.165) is 5.56 Å². The molecule has 2 aromatic carbocycles. The van der Waals surface area contributed by atoms with Crippen molar-refractivity contribution in [3.05, 3.63) is 59.7 Å². The van der Waals surface area contributed by atoms with Gasteiger partial charge in [-0.1, -0.05) is 45.0 Å². The van der Waals surface area contributed by atoms with E-state index < -0.39 is 16.1 Å². The van der Waals surface area contributed by atoms with Crippen molar-refractivity contribution in [1.82, 2.24) is 9.62 Å². The Balaban J connectivity index is 2.02. The molecule has 0 aromatic heterocycles. The van der Waals surface area contributed by atoms with Crippen molar-refractivity contribution in [3.63, 3.8) is 0 Å². The van der Waals surface area contributed by atoms with E-state index in [2.05, 4.69) is 37.6 Å². The first kappa shape index (κ1) is 22.9. The molecule has 0 saturated carbocycles. The van der Waals surface area contributed by atoms with Gasteiger partial charge < -0.3 is 9.64 Å². The lowest BCUT2D eigenvalue weighted by Gasteiger charge is -2.23. The van der Waals surface area contributed by atoms with Crippen LogP contribution >= 0.6 is 0 Å². The highest BCUT2D eigenvalue weighted by Gasteiger charge is 2.24. The zero-order valence-corrected chi connectivity index (χ0v) is 18.7. The Bertz CT molecular complexity index is 930. The standard InChI is InChI=1S/C22H30N2O4S/c1-16(23-29(26,27)20-13-11-19(28-6)12-14-20)21(25)24(5)15-17-7-9-18(10-8-17)22(2,3)4/h7-14,16,23H,15H2,1-6H3/t16-/m0/s1. The van der Waals surface area contributed by atoms with E-state index in [9.17, 15) is 13.2 Å². The largest absolute Gasteiger partial charge is 0.497 e. The fraction of sp³-hybridized carbons (Fsp3) is 0.409. The van der Waals surface area contributed by atoms with Crippen LogP contribution in [0.5, 0.6) is 5.75 Å². The summed E-state index contributed by atoms with van der Waals surface area (Å²) in [7, 11) is -0.637. The van der Waals surface area contributed by atoms with Gasteiger partial charge in [0.1, 0.15) is 5.75 Å². The minimum atomic E-state index is -3.81. The van der Waals surface area contributed by atoms with Crippen LogP contribution < -0.4 is 9.46 Å². The Hall–Kier alpha value is -2.38. The summed E-state index contributed by atoms with van der Waals surface area (Å²) >= 11 is 0. The van der Waals surface area contributed by atoms with E-state index in [0.29, 0.717) is 12.3 Å². The highest BCUT2D eigenvalue weighted by atomic mass is 32.2. The molecule has 7 heteroatoms. The minimum Gasteiger partial charge on any atom is -0.497 e. The maximum atomic E-state index is 12.7. The smallest absolute Gasteiger partial charge is 0.241 e. The quantitative estimate of drug-likeness (QED) is 0.748. The van der Waals surface area contributed by atoms with Crippen LogP contribution in [0, 0.1) is 0 Å². The van der Waals surface area contributed by atoms with Gasteiger partial charge in [0.05, 0.1) is 18.0 Å². The van der Waals surface area contributed by atoms with Crippen LogP contribution in [0.1, 0.15) is 38.8 Å². The highest BCUT2D eigenvalue weighted by Crippen LogP contribution is 2.22. The third-order valence-electron chi connectivity index (χ3n) is 4.69. The number of hydrogen-bond donors (Lipinski definition) is 1. The van der Waals surface area contributed by atoms with E-state index in [1.54, 1.807) is 26.1 Å². The molecule has 0 saturated heterocycles. The maximum Gasteiger partial charge on any atom is 0.241 e. The van der Waals surface area contributed by atoms with E-state index in [1.165, 1.54) is 29.7 Å². The number of nitrogens with zero attached hydrogens (tertiary/aromatic N) is 1. The lowest BCUT2D eigenvalue weighted by Crippen LogP contribution is -2.45. The van der Waals surface area contributed by atoms with Crippen molar-refractivity contribution >= 4 is 15.9 Å². The highest BCUT2D eigenvalue weighted by molar-refractivity contribution is 7.89. The molecule has 1 N–H and O–H groups in total. The number of amides is 1. The molecule has 0 bridgehead atoms. The first-order chi connectivity index (χ1) is 13.4. The van der Waals surface area contributed by atoms with Crippen molar-refractivity contribution < 1.29 is 17.9 Å². The lowest BCUT2D eigenvalue weighted by atomic mass is 9.87. The molecule has 0 heterocycles. The minimum absolute atomic E-state index is 0.0640. The van der Waals surface area contributed by atoms with Crippen LogP contribution in [0.3, 0.4) is 0 Å². The number of carbonyl (C=O) groups excluding carboxylic acids is 1. The Kier molecular flexibility index (Phi) is 7.08. The molecule has 0 unspecified atom stereocenters. The number of likely N-dealkylation sites (N-methyl/N-ethyl adjacent to an activating group) is 1. The Morgan fingerprint density at radius 1 is 1.07 bits per heavy atom. The summed E-state index contributed by atoms with van der Waals surface area (Å²) in [6, 6.07) is 13.2. The number of rotatable bonds is 7. The fourth-order valence-electron chi connectivity index (χ4n) is 2.90. The van der Waals surface area contributed by atoms with Crippen molar-refractivity contribution in [2.24, 2.45) is 0 Å². The van der Waals surface area contributed by atoms with Crippen LogP contribution in [0.15, 0.2) is 53.4 Å².